The maximum atomic E-state index is 15.1. The fourth-order valence-electron chi connectivity index (χ4n) is 4.62. The molecular weight excluding hydrogens is 451 g/mol. The van der Waals surface area contributed by atoms with Gasteiger partial charge in [-0.3, -0.25) is 4.21 Å². The topological polar surface area (TPSA) is 78.4 Å². The number of aryl methyl sites for hydroxylation is 1. The van der Waals surface area contributed by atoms with Crippen LogP contribution in [0, 0.1) is 0 Å². The maximum absolute atomic E-state index is 15.1. The summed E-state index contributed by atoms with van der Waals surface area (Å²) in [5.41, 5.74) is 1.87. The first-order valence-electron chi connectivity index (χ1n) is 11.0. The SMILES string of the molecule is O=[S@@]1CCCc2nc(N3CCC(c4ccc(Cl)cc4)=C(F)C3)nc(NC3(CO)CCC3)c21. The van der Waals surface area contributed by atoms with Crippen LogP contribution in [0.15, 0.2) is 35.0 Å². The molecule has 3 aliphatic rings. The average Bonchev–Trinajstić information content (AvgIpc) is 2.77. The molecule has 1 aliphatic carbocycles. The van der Waals surface area contributed by atoms with E-state index in [-0.39, 0.29) is 19.0 Å². The van der Waals surface area contributed by atoms with E-state index in [4.69, 9.17) is 21.6 Å². The molecule has 0 saturated heterocycles. The zero-order valence-corrected chi connectivity index (χ0v) is 19.3. The first kappa shape index (κ1) is 21.8. The van der Waals surface area contributed by atoms with Crippen molar-refractivity contribution in [2.45, 2.75) is 49.0 Å². The molecule has 2 aromatic rings. The number of hydrogen-bond donors (Lipinski definition) is 2. The molecule has 0 radical (unpaired) electrons. The molecular formula is C23H26ClFN4O2S. The summed E-state index contributed by atoms with van der Waals surface area (Å²) in [4.78, 5) is 11.9. The Morgan fingerprint density at radius 3 is 2.62 bits per heavy atom. The molecule has 1 fully saturated rings. The normalized spacial score (nSPS) is 22.3. The van der Waals surface area contributed by atoms with Gasteiger partial charge in [0.05, 0.1) is 35.2 Å². The summed E-state index contributed by atoms with van der Waals surface area (Å²) < 4.78 is 27.9. The van der Waals surface area contributed by atoms with Crippen molar-refractivity contribution in [3.05, 3.63) is 46.4 Å². The minimum atomic E-state index is -1.18. The van der Waals surface area contributed by atoms with Crippen LogP contribution in [0.1, 0.15) is 43.4 Å². The van der Waals surface area contributed by atoms with Gasteiger partial charge in [0, 0.05) is 17.3 Å². The van der Waals surface area contributed by atoms with E-state index in [1.54, 1.807) is 12.1 Å². The lowest BCUT2D eigenvalue weighted by molar-refractivity contribution is 0.143. The van der Waals surface area contributed by atoms with E-state index in [0.29, 0.717) is 46.0 Å². The lowest BCUT2D eigenvalue weighted by atomic mass is 9.77. The van der Waals surface area contributed by atoms with E-state index < -0.39 is 16.3 Å². The van der Waals surface area contributed by atoms with Crippen LogP contribution < -0.4 is 10.2 Å². The van der Waals surface area contributed by atoms with E-state index in [1.807, 2.05) is 17.0 Å². The zero-order chi connectivity index (χ0) is 22.3. The number of hydrogen-bond acceptors (Lipinski definition) is 6. The number of benzene rings is 1. The third-order valence-corrected chi connectivity index (χ3v) is 8.45. The predicted octanol–water partition coefficient (Wildman–Crippen LogP) is 4.10. The highest BCUT2D eigenvalue weighted by atomic mass is 35.5. The summed E-state index contributed by atoms with van der Waals surface area (Å²) in [6.45, 7) is 0.668. The van der Waals surface area contributed by atoms with Crippen molar-refractivity contribution in [2.24, 2.45) is 0 Å². The number of halogens is 2. The van der Waals surface area contributed by atoms with Gasteiger partial charge in [0.2, 0.25) is 5.95 Å². The van der Waals surface area contributed by atoms with Crippen molar-refractivity contribution in [2.75, 3.05) is 35.7 Å². The van der Waals surface area contributed by atoms with Crippen LogP contribution in [-0.4, -0.2) is 50.3 Å². The predicted molar refractivity (Wildman–Crippen MR) is 125 cm³/mol. The maximum Gasteiger partial charge on any atom is 0.228 e. The van der Waals surface area contributed by atoms with Crippen LogP contribution in [-0.2, 0) is 17.2 Å². The Labute approximate surface area is 194 Å². The Hall–Kier alpha value is -2.03. The standard InChI is InChI=1S/C23H26ClFN4O2S/c24-16-6-4-15(5-7-16)17-8-11-29(13-18(17)25)22-26-19-3-1-12-32(31)20(19)21(27-22)28-23(14-30)9-2-10-23/h4-7,30H,1-3,8-14H2,(H,26,27,28)/t32-/m1/s1. The molecule has 5 rings (SSSR count). The van der Waals surface area contributed by atoms with E-state index in [2.05, 4.69) is 5.32 Å². The molecule has 2 aliphatic heterocycles. The van der Waals surface area contributed by atoms with Gasteiger partial charge in [-0.15, -0.1) is 0 Å². The lowest BCUT2D eigenvalue weighted by Gasteiger charge is -2.42. The van der Waals surface area contributed by atoms with Crippen molar-refractivity contribution < 1.29 is 13.7 Å². The molecule has 1 saturated carbocycles. The van der Waals surface area contributed by atoms with Crippen LogP contribution in [0.2, 0.25) is 5.02 Å². The van der Waals surface area contributed by atoms with Crippen LogP contribution in [0.4, 0.5) is 16.2 Å². The Morgan fingerprint density at radius 2 is 1.97 bits per heavy atom. The molecule has 170 valence electrons. The average molecular weight is 477 g/mol. The van der Waals surface area contributed by atoms with Gasteiger partial charge in [0.25, 0.3) is 0 Å². The Balaban J connectivity index is 1.47. The van der Waals surface area contributed by atoms with Crippen molar-refractivity contribution in [3.8, 4) is 0 Å². The van der Waals surface area contributed by atoms with Crippen molar-refractivity contribution in [1.82, 2.24) is 9.97 Å². The molecule has 0 spiro atoms. The molecule has 1 atom stereocenters. The Morgan fingerprint density at radius 1 is 1.19 bits per heavy atom. The highest BCUT2D eigenvalue weighted by molar-refractivity contribution is 7.85. The summed E-state index contributed by atoms with van der Waals surface area (Å²) in [5.74, 6) is 1.36. The van der Waals surface area contributed by atoms with E-state index in [1.165, 1.54) is 0 Å². The molecule has 6 nitrogen and oxygen atoms in total. The summed E-state index contributed by atoms with van der Waals surface area (Å²) in [5, 5.41) is 13.9. The highest BCUT2D eigenvalue weighted by Gasteiger charge is 2.38. The molecule has 1 aromatic carbocycles. The molecule has 0 amide bonds. The minimum absolute atomic E-state index is 0.000717. The summed E-state index contributed by atoms with van der Waals surface area (Å²) in [7, 11) is -1.18. The smallest absolute Gasteiger partial charge is 0.228 e. The molecule has 9 heteroatoms. The number of nitrogens with zero attached hydrogens (tertiary/aromatic N) is 3. The van der Waals surface area contributed by atoms with Gasteiger partial charge >= 0.3 is 0 Å². The van der Waals surface area contributed by atoms with E-state index in [9.17, 15) is 9.32 Å². The highest BCUT2D eigenvalue weighted by Crippen LogP contribution is 2.38. The van der Waals surface area contributed by atoms with E-state index >= 15 is 4.39 Å². The quantitative estimate of drug-likeness (QED) is 0.676. The fraction of sp³-hybridized carbons (Fsp3) is 0.478. The third-order valence-electron chi connectivity index (χ3n) is 6.66. The first-order valence-corrected chi connectivity index (χ1v) is 12.7. The summed E-state index contributed by atoms with van der Waals surface area (Å²) in [6.07, 6.45) is 4.77. The van der Waals surface area contributed by atoms with Crippen LogP contribution >= 0.6 is 11.6 Å². The number of aliphatic hydroxyl groups excluding tert-OH is 1. The lowest BCUT2D eigenvalue weighted by Crippen LogP contribution is -2.49. The fourth-order valence-corrected chi connectivity index (χ4v) is 6.08. The van der Waals surface area contributed by atoms with Crippen LogP contribution in [0.3, 0.4) is 0 Å². The van der Waals surface area contributed by atoms with Gasteiger partial charge in [-0.25, -0.2) is 9.37 Å². The van der Waals surface area contributed by atoms with Crippen molar-refractivity contribution in [3.63, 3.8) is 0 Å². The van der Waals surface area contributed by atoms with Gasteiger partial charge in [-0.2, -0.15) is 4.98 Å². The molecule has 2 N–H and O–H groups in total. The Kier molecular flexibility index (Phi) is 5.94. The minimum Gasteiger partial charge on any atom is -0.394 e. The molecule has 0 bridgehead atoms. The molecule has 1 aromatic heterocycles. The van der Waals surface area contributed by atoms with Crippen molar-refractivity contribution in [1.29, 1.82) is 0 Å². The summed E-state index contributed by atoms with van der Waals surface area (Å²) in [6, 6.07) is 7.22. The molecule has 32 heavy (non-hydrogen) atoms. The van der Waals surface area contributed by atoms with Gasteiger partial charge in [0.1, 0.15) is 16.5 Å². The van der Waals surface area contributed by atoms with Gasteiger partial charge in [-0.1, -0.05) is 23.7 Å². The second kappa shape index (κ2) is 8.72. The van der Waals surface area contributed by atoms with Crippen molar-refractivity contribution >= 4 is 39.7 Å². The Bertz CT molecular complexity index is 1080. The number of nitrogens with one attached hydrogen (secondary N) is 1. The zero-order valence-electron chi connectivity index (χ0n) is 17.7. The van der Waals surface area contributed by atoms with E-state index in [0.717, 1.165) is 43.4 Å². The molecule has 0 unspecified atom stereocenters. The van der Waals surface area contributed by atoms with Gasteiger partial charge in [-0.05, 0) is 61.8 Å². The number of fused-ring (bicyclic) bond motifs is 1. The van der Waals surface area contributed by atoms with Crippen LogP contribution in [0.5, 0.6) is 0 Å². The largest absolute Gasteiger partial charge is 0.394 e. The number of aliphatic hydroxyl groups is 1. The number of aromatic nitrogens is 2. The second-order valence-electron chi connectivity index (χ2n) is 8.78. The first-order chi connectivity index (χ1) is 15.5. The number of anilines is 2. The molecule has 3 heterocycles. The number of rotatable bonds is 5. The second-order valence-corrected chi connectivity index (χ2v) is 10.7. The van der Waals surface area contributed by atoms with Gasteiger partial charge < -0.3 is 15.3 Å². The van der Waals surface area contributed by atoms with Crippen LogP contribution in [0.25, 0.3) is 5.57 Å². The van der Waals surface area contributed by atoms with Gasteiger partial charge in [0.15, 0.2) is 0 Å². The summed E-state index contributed by atoms with van der Waals surface area (Å²) >= 11 is 5.97. The third kappa shape index (κ3) is 4.04. The monoisotopic (exact) mass is 476 g/mol.